The van der Waals surface area contributed by atoms with Gasteiger partial charge in [-0.25, -0.2) is 0 Å². The van der Waals surface area contributed by atoms with E-state index >= 15 is 0 Å². The highest BCUT2D eigenvalue weighted by Gasteiger charge is 2.39. The lowest BCUT2D eigenvalue weighted by Gasteiger charge is -2.34. The van der Waals surface area contributed by atoms with E-state index in [1.54, 1.807) is 26.8 Å². The van der Waals surface area contributed by atoms with Crippen LogP contribution in [0.25, 0.3) is 0 Å². The monoisotopic (exact) mass is 395 g/mol. The van der Waals surface area contributed by atoms with Crippen LogP contribution in [0.3, 0.4) is 0 Å². The van der Waals surface area contributed by atoms with Crippen LogP contribution in [0.4, 0.5) is 5.69 Å². The van der Waals surface area contributed by atoms with Crippen molar-refractivity contribution < 1.29 is 23.9 Å². The molecule has 0 radical (unpaired) electrons. The molecule has 0 spiro atoms. The van der Waals surface area contributed by atoms with Crippen LogP contribution >= 0.6 is 11.6 Å². The molecule has 3 amide bonds. The molecule has 2 aliphatic rings. The third-order valence-corrected chi connectivity index (χ3v) is 5.29. The van der Waals surface area contributed by atoms with Crippen molar-refractivity contribution in [3.8, 4) is 11.5 Å². The Labute approximate surface area is 162 Å². The molecule has 146 valence electrons. The summed E-state index contributed by atoms with van der Waals surface area (Å²) in [5.74, 6) is 0.243. The van der Waals surface area contributed by atoms with Gasteiger partial charge in [0.1, 0.15) is 11.5 Å². The lowest BCUT2D eigenvalue weighted by molar-refractivity contribution is -0.139. The number of halogens is 1. The third-order valence-electron chi connectivity index (χ3n) is 4.99. The smallest absolute Gasteiger partial charge is 0.228 e. The summed E-state index contributed by atoms with van der Waals surface area (Å²) in [7, 11) is 2.99. The molecule has 8 nitrogen and oxygen atoms in total. The van der Waals surface area contributed by atoms with Gasteiger partial charge in [0.15, 0.2) is 0 Å². The van der Waals surface area contributed by atoms with Crippen molar-refractivity contribution in [2.24, 2.45) is 5.92 Å². The van der Waals surface area contributed by atoms with E-state index in [9.17, 15) is 14.4 Å². The topological polar surface area (TPSA) is 79.4 Å². The first-order valence-electron chi connectivity index (χ1n) is 8.68. The molecule has 0 saturated carbocycles. The molecule has 2 saturated heterocycles. The van der Waals surface area contributed by atoms with E-state index in [4.69, 9.17) is 21.1 Å². The summed E-state index contributed by atoms with van der Waals surface area (Å²) in [6, 6.07) is 3.24. The Morgan fingerprint density at radius 2 is 1.81 bits per heavy atom. The average molecular weight is 396 g/mol. The minimum atomic E-state index is -0.424. The van der Waals surface area contributed by atoms with Crippen LogP contribution in [0.5, 0.6) is 11.5 Å². The number of hydrogen-bond acceptors (Lipinski definition) is 5. The van der Waals surface area contributed by atoms with Gasteiger partial charge in [0.05, 0.1) is 30.8 Å². The Hall–Kier alpha value is -2.48. The fraction of sp³-hybridized carbons (Fsp3) is 0.500. The summed E-state index contributed by atoms with van der Waals surface area (Å²) < 4.78 is 10.6. The Bertz CT molecular complexity index is 749. The number of rotatable bonds is 5. The number of methoxy groups -OCH3 is 2. The highest BCUT2D eigenvalue weighted by atomic mass is 35.5. The number of carbonyl (C=O) groups excluding carboxylic acids is 3. The van der Waals surface area contributed by atoms with E-state index < -0.39 is 5.92 Å². The van der Waals surface area contributed by atoms with Crippen molar-refractivity contribution in [3.05, 3.63) is 17.2 Å². The van der Waals surface area contributed by atoms with Crippen molar-refractivity contribution >= 4 is 35.5 Å². The predicted octanol–water partition coefficient (Wildman–Crippen LogP) is 1.01. The lowest BCUT2D eigenvalue weighted by Crippen LogP contribution is -2.50. The SMILES string of the molecule is COc1cc(N2CC(C(=O)N3CCN(C=O)CC3)CC2=O)c(OC)cc1Cl. The van der Waals surface area contributed by atoms with E-state index in [2.05, 4.69) is 0 Å². The van der Waals surface area contributed by atoms with Gasteiger partial charge >= 0.3 is 0 Å². The van der Waals surface area contributed by atoms with Crippen molar-refractivity contribution in [1.29, 1.82) is 0 Å². The van der Waals surface area contributed by atoms with Crippen LogP contribution in [0.15, 0.2) is 12.1 Å². The second-order valence-electron chi connectivity index (χ2n) is 6.53. The minimum Gasteiger partial charge on any atom is -0.495 e. The largest absolute Gasteiger partial charge is 0.495 e. The van der Waals surface area contributed by atoms with Crippen LogP contribution < -0.4 is 14.4 Å². The summed E-state index contributed by atoms with van der Waals surface area (Å²) in [4.78, 5) is 41.1. The maximum Gasteiger partial charge on any atom is 0.228 e. The molecule has 1 atom stereocenters. The lowest BCUT2D eigenvalue weighted by atomic mass is 10.1. The van der Waals surface area contributed by atoms with Gasteiger partial charge < -0.3 is 24.2 Å². The van der Waals surface area contributed by atoms with E-state index in [1.165, 1.54) is 14.2 Å². The van der Waals surface area contributed by atoms with Crippen molar-refractivity contribution in [1.82, 2.24) is 9.80 Å². The Morgan fingerprint density at radius 3 is 2.41 bits per heavy atom. The Balaban J connectivity index is 1.76. The van der Waals surface area contributed by atoms with Crippen LogP contribution in [0.1, 0.15) is 6.42 Å². The number of anilines is 1. The minimum absolute atomic E-state index is 0.0590. The molecule has 27 heavy (non-hydrogen) atoms. The molecule has 2 fully saturated rings. The van der Waals surface area contributed by atoms with Crippen LogP contribution in [-0.4, -0.2) is 75.0 Å². The van der Waals surface area contributed by atoms with Gasteiger partial charge in [-0.1, -0.05) is 11.6 Å². The zero-order chi connectivity index (χ0) is 19.6. The first-order valence-corrected chi connectivity index (χ1v) is 9.06. The molecule has 1 unspecified atom stereocenters. The van der Waals surface area contributed by atoms with E-state index in [0.29, 0.717) is 48.4 Å². The number of piperazine rings is 1. The van der Waals surface area contributed by atoms with Crippen molar-refractivity contribution in [2.45, 2.75) is 6.42 Å². The van der Waals surface area contributed by atoms with Gasteiger partial charge in [0.25, 0.3) is 0 Å². The molecule has 2 aliphatic heterocycles. The van der Waals surface area contributed by atoms with Crippen molar-refractivity contribution in [3.63, 3.8) is 0 Å². The molecule has 2 heterocycles. The third kappa shape index (κ3) is 3.80. The summed E-state index contributed by atoms with van der Waals surface area (Å²) in [6.45, 7) is 2.27. The second kappa shape index (κ2) is 8.04. The summed E-state index contributed by atoms with van der Waals surface area (Å²) in [5, 5.41) is 0.380. The molecule has 0 aromatic heterocycles. The van der Waals surface area contributed by atoms with E-state index in [1.807, 2.05) is 0 Å². The fourth-order valence-electron chi connectivity index (χ4n) is 3.47. The normalized spacial score (nSPS) is 20.0. The van der Waals surface area contributed by atoms with Gasteiger partial charge in [-0.15, -0.1) is 0 Å². The summed E-state index contributed by atoms with van der Waals surface area (Å²) in [6.07, 6.45) is 0.934. The van der Waals surface area contributed by atoms with Gasteiger partial charge in [-0.2, -0.15) is 0 Å². The van der Waals surface area contributed by atoms with Gasteiger partial charge in [0, 0.05) is 51.3 Å². The molecule has 0 N–H and O–H groups in total. The average Bonchev–Trinajstić information content (AvgIpc) is 3.08. The number of benzene rings is 1. The molecule has 3 rings (SSSR count). The maximum atomic E-state index is 12.8. The first kappa shape index (κ1) is 19.3. The van der Waals surface area contributed by atoms with Gasteiger partial charge in [-0.3, -0.25) is 14.4 Å². The molecular formula is C18H22ClN3O5. The van der Waals surface area contributed by atoms with Crippen LogP contribution in [-0.2, 0) is 14.4 Å². The number of carbonyl (C=O) groups is 3. The predicted molar refractivity (Wildman–Crippen MR) is 99.2 cm³/mol. The van der Waals surface area contributed by atoms with E-state index in [0.717, 1.165) is 6.41 Å². The molecule has 9 heteroatoms. The molecule has 0 aliphatic carbocycles. The standard InChI is InChI=1S/C18H22ClN3O5/c1-26-15-9-14(16(27-2)8-13(15)19)22-10-12(7-17(22)24)18(25)21-5-3-20(11-23)4-6-21/h8-9,11-12H,3-7,10H2,1-2H3. The summed E-state index contributed by atoms with van der Waals surface area (Å²) in [5.41, 5.74) is 0.532. The highest BCUT2D eigenvalue weighted by molar-refractivity contribution is 6.32. The van der Waals surface area contributed by atoms with Gasteiger partial charge in [0.2, 0.25) is 18.2 Å². The van der Waals surface area contributed by atoms with Crippen LogP contribution in [0.2, 0.25) is 5.02 Å². The molecule has 0 bridgehead atoms. The van der Waals surface area contributed by atoms with Gasteiger partial charge in [-0.05, 0) is 0 Å². The fourth-order valence-corrected chi connectivity index (χ4v) is 3.70. The quantitative estimate of drug-likeness (QED) is 0.695. The van der Waals surface area contributed by atoms with E-state index in [-0.39, 0.29) is 24.8 Å². The number of nitrogens with zero attached hydrogens (tertiary/aromatic N) is 3. The number of amides is 3. The number of hydrogen-bond donors (Lipinski definition) is 0. The zero-order valence-corrected chi connectivity index (χ0v) is 16.1. The highest BCUT2D eigenvalue weighted by Crippen LogP contribution is 2.40. The van der Waals surface area contributed by atoms with Crippen LogP contribution in [0, 0.1) is 5.92 Å². The summed E-state index contributed by atoms with van der Waals surface area (Å²) >= 11 is 6.13. The number of ether oxygens (including phenoxy) is 2. The zero-order valence-electron chi connectivity index (χ0n) is 15.3. The first-order chi connectivity index (χ1) is 13.0. The molecule has 1 aromatic carbocycles. The molecular weight excluding hydrogens is 374 g/mol. The Kier molecular flexibility index (Phi) is 5.74. The molecule has 1 aromatic rings. The Morgan fingerprint density at radius 1 is 1.15 bits per heavy atom. The van der Waals surface area contributed by atoms with Crippen molar-refractivity contribution in [2.75, 3.05) is 51.8 Å². The second-order valence-corrected chi connectivity index (χ2v) is 6.94. The maximum absolute atomic E-state index is 12.8.